The van der Waals surface area contributed by atoms with E-state index in [1.807, 2.05) is 30.3 Å². The highest BCUT2D eigenvalue weighted by atomic mass is 32.1. The van der Waals surface area contributed by atoms with Gasteiger partial charge in [0.1, 0.15) is 6.04 Å². The fourth-order valence-electron chi connectivity index (χ4n) is 7.18. The van der Waals surface area contributed by atoms with Crippen LogP contribution in [0.2, 0.25) is 0 Å². The number of thiophene rings is 1. The second kappa shape index (κ2) is 9.15. The summed E-state index contributed by atoms with van der Waals surface area (Å²) in [6.45, 7) is 0.513. The molecule has 1 unspecified atom stereocenters. The van der Waals surface area contributed by atoms with Crippen molar-refractivity contribution in [1.29, 1.82) is 0 Å². The molecular formula is C29H32N4O5S. The lowest BCUT2D eigenvalue weighted by Gasteiger charge is -2.39. The molecular weight excluding hydrogens is 516 g/mol. The standard InChI is InChI=1S/C29H32N4O5S/c34-24(27(37)31-17-5-6-17)20(11-16-7-10-30-25(16)35)32-26(36)23-19-13-18(14-29(19)8-9-29)33(23)28(38)22-12-15-3-1-2-4-21(15)39-22/h1-4,12,16-20,23H,5-11,13-14H2,(H,30,35)(H,31,37)(H,32,36)/t16-,18-,19-,20?,23-/m0/s1. The molecule has 2 saturated heterocycles. The lowest BCUT2D eigenvalue weighted by molar-refractivity contribution is -0.141. The summed E-state index contributed by atoms with van der Waals surface area (Å²) in [4.78, 5) is 68.5. The Balaban J connectivity index is 1.16. The zero-order chi connectivity index (χ0) is 26.9. The Morgan fingerprint density at radius 2 is 1.92 bits per heavy atom. The van der Waals surface area contributed by atoms with Gasteiger partial charge in [-0.1, -0.05) is 18.2 Å². The van der Waals surface area contributed by atoms with E-state index in [2.05, 4.69) is 16.0 Å². The Kier molecular flexibility index (Phi) is 5.80. The minimum Gasteiger partial charge on any atom is -0.356 e. The number of likely N-dealkylation sites (tertiary alicyclic amines) is 1. The molecule has 3 aliphatic carbocycles. The van der Waals surface area contributed by atoms with Gasteiger partial charge in [-0.2, -0.15) is 0 Å². The maximum atomic E-state index is 14.0. The van der Waals surface area contributed by atoms with E-state index in [1.165, 1.54) is 11.3 Å². The normalized spacial score (nSPS) is 28.9. The molecule has 2 aliphatic heterocycles. The van der Waals surface area contributed by atoms with Crippen LogP contribution >= 0.6 is 11.3 Å². The highest BCUT2D eigenvalue weighted by molar-refractivity contribution is 7.20. The minimum atomic E-state index is -1.11. The van der Waals surface area contributed by atoms with E-state index >= 15 is 0 Å². The molecule has 5 fully saturated rings. The molecule has 1 aromatic carbocycles. The summed E-state index contributed by atoms with van der Waals surface area (Å²) >= 11 is 1.43. The summed E-state index contributed by atoms with van der Waals surface area (Å²) in [5, 5.41) is 9.36. The van der Waals surface area contributed by atoms with Gasteiger partial charge in [0.25, 0.3) is 11.8 Å². The van der Waals surface area contributed by atoms with Crippen LogP contribution in [0.1, 0.15) is 61.0 Å². The number of piperidine rings is 1. The highest BCUT2D eigenvalue weighted by Crippen LogP contribution is 2.67. The van der Waals surface area contributed by atoms with Crippen molar-refractivity contribution in [3.05, 3.63) is 35.2 Å². The second-order valence-electron chi connectivity index (χ2n) is 12.1. The van der Waals surface area contributed by atoms with Crippen LogP contribution in [0.5, 0.6) is 0 Å². The molecule has 4 amide bonds. The van der Waals surface area contributed by atoms with Gasteiger partial charge in [0.15, 0.2) is 0 Å². The van der Waals surface area contributed by atoms with Gasteiger partial charge >= 0.3 is 0 Å². The highest BCUT2D eigenvalue weighted by Gasteiger charge is 2.67. The van der Waals surface area contributed by atoms with Crippen molar-refractivity contribution in [3.8, 4) is 0 Å². The molecule has 3 heterocycles. The smallest absolute Gasteiger partial charge is 0.289 e. The van der Waals surface area contributed by atoms with Crippen LogP contribution in [0, 0.1) is 17.3 Å². The number of carbonyl (C=O) groups excluding carboxylic acids is 5. The molecule has 9 nitrogen and oxygen atoms in total. The fraction of sp³-hybridized carbons (Fsp3) is 0.552. The largest absolute Gasteiger partial charge is 0.356 e. The first kappa shape index (κ1) is 24.7. The summed E-state index contributed by atoms with van der Waals surface area (Å²) in [6, 6.07) is 7.92. The predicted molar refractivity (Wildman–Crippen MR) is 144 cm³/mol. The van der Waals surface area contributed by atoms with Crippen LogP contribution in [0.25, 0.3) is 10.1 Å². The molecule has 1 aromatic heterocycles. The van der Waals surface area contributed by atoms with Gasteiger partial charge in [-0.15, -0.1) is 11.3 Å². The third kappa shape index (κ3) is 4.33. The summed E-state index contributed by atoms with van der Waals surface area (Å²) < 4.78 is 1.02. The van der Waals surface area contributed by atoms with Gasteiger partial charge in [0.05, 0.1) is 10.9 Å². The molecule has 5 aliphatic rings. The van der Waals surface area contributed by atoms with Crippen molar-refractivity contribution < 1.29 is 24.0 Å². The molecule has 3 saturated carbocycles. The molecule has 3 N–H and O–H groups in total. The van der Waals surface area contributed by atoms with E-state index in [-0.39, 0.29) is 47.6 Å². The number of ketones is 1. The maximum Gasteiger partial charge on any atom is 0.289 e. The zero-order valence-corrected chi connectivity index (χ0v) is 22.4. The van der Waals surface area contributed by atoms with Crippen LogP contribution in [-0.2, 0) is 19.2 Å². The monoisotopic (exact) mass is 548 g/mol. The van der Waals surface area contributed by atoms with E-state index in [0.717, 1.165) is 48.6 Å². The number of Topliss-reactive ketones (excluding diaryl/α,β-unsaturated/α-hetero) is 1. The predicted octanol–water partition coefficient (Wildman–Crippen LogP) is 2.14. The quantitative estimate of drug-likeness (QED) is 0.436. The lowest BCUT2D eigenvalue weighted by Crippen LogP contribution is -2.58. The first-order chi connectivity index (χ1) is 18.8. The molecule has 2 bridgehead atoms. The van der Waals surface area contributed by atoms with Crippen molar-refractivity contribution in [2.75, 3.05) is 6.54 Å². The lowest BCUT2D eigenvalue weighted by atomic mass is 9.83. The number of hydrogen-bond acceptors (Lipinski definition) is 6. The van der Waals surface area contributed by atoms with Crippen LogP contribution in [-0.4, -0.2) is 65.0 Å². The summed E-state index contributed by atoms with van der Waals surface area (Å²) in [6.07, 6.45) is 6.09. The third-order valence-corrected chi connectivity index (χ3v) is 10.6. The molecule has 5 atom stereocenters. The number of nitrogens with one attached hydrogen (secondary N) is 3. The molecule has 1 spiro atoms. The van der Waals surface area contributed by atoms with E-state index in [0.29, 0.717) is 17.8 Å². The SMILES string of the molecule is O=C(NC1CC1)C(=O)C(C[C@@H]1CCNC1=O)NC(=O)[C@@H]1[C@@H]2C[C@@H](CC23CC3)N1C(=O)c1cc2ccccc2s1. The van der Waals surface area contributed by atoms with E-state index in [9.17, 15) is 24.0 Å². The molecule has 2 aromatic rings. The van der Waals surface area contributed by atoms with E-state index in [1.54, 1.807) is 4.90 Å². The first-order valence-electron chi connectivity index (χ1n) is 14.1. The van der Waals surface area contributed by atoms with Crippen molar-refractivity contribution in [2.45, 2.75) is 75.5 Å². The van der Waals surface area contributed by atoms with E-state index in [4.69, 9.17) is 0 Å². The number of carbonyl (C=O) groups is 5. The average Bonchev–Trinajstić information content (AvgIpc) is 3.68. The maximum absolute atomic E-state index is 14.0. The van der Waals surface area contributed by atoms with E-state index < -0.39 is 29.7 Å². The number of nitrogens with zero attached hydrogens (tertiary/aromatic N) is 1. The van der Waals surface area contributed by atoms with Crippen molar-refractivity contribution >= 4 is 50.8 Å². The Morgan fingerprint density at radius 3 is 2.62 bits per heavy atom. The van der Waals surface area contributed by atoms with Crippen LogP contribution in [0.3, 0.4) is 0 Å². The molecule has 39 heavy (non-hydrogen) atoms. The van der Waals surface area contributed by atoms with Crippen molar-refractivity contribution in [1.82, 2.24) is 20.9 Å². The topological polar surface area (TPSA) is 125 Å². The molecule has 10 heteroatoms. The molecule has 7 rings (SSSR count). The zero-order valence-electron chi connectivity index (χ0n) is 21.6. The summed E-state index contributed by atoms with van der Waals surface area (Å²) in [5.41, 5.74) is 0.0950. The van der Waals surface area contributed by atoms with Crippen molar-refractivity contribution in [3.63, 3.8) is 0 Å². The number of fused-ring (bicyclic) bond motifs is 4. The molecule has 0 radical (unpaired) electrons. The second-order valence-corrected chi connectivity index (χ2v) is 13.1. The molecule has 204 valence electrons. The third-order valence-electron chi connectivity index (χ3n) is 9.51. The Morgan fingerprint density at radius 1 is 1.13 bits per heavy atom. The van der Waals surface area contributed by atoms with Gasteiger partial charge < -0.3 is 20.9 Å². The minimum absolute atomic E-state index is 0.00212. The Hall–Kier alpha value is -3.27. The fourth-order valence-corrected chi connectivity index (χ4v) is 8.19. The van der Waals surface area contributed by atoms with Gasteiger partial charge in [-0.25, -0.2) is 0 Å². The Labute approximate surface area is 230 Å². The Bertz CT molecular complexity index is 1360. The van der Waals surface area contributed by atoms with Gasteiger partial charge in [0, 0.05) is 29.2 Å². The van der Waals surface area contributed by atoms with Gasteiger partial charge in [-0.05, 0) is 80.2 Å². The summed E-state index contributed by atoms with van der Waals surface area (Å²) in [5.74, 6) is -2.55. The number of amides is 4. The van der Waals surface area contributed by atoms with Crippen molar-refractivity contribution in [2.24, 2.45) is 17.3 Å². The van der Waals surface area contributed by atoms with Gasteiger partial charge in [0.2, 0.25) is 17.6 Å². The number of hydrogen-bond donors (Lipinski definition) is 3. The van der Waals surface area contributed by atoms with Crippen LogP contribution in [0.15, 0.2) is 30.3 Å². The summed E-state index contributed by atoms with van der Waals surface area (Å²) in [7, 11) is 0. The van der Waals surface area contributed by atoms with Gasteiger partial charge in [-0.3, -0.25) is 24.0 Å². The number of rotatable bonds is 8. The van der Waals surface area contributed by atoms with Crippen LogP contribution < -0.4 is 16.0 Å². The van der Waals surface area contributed by atoms with Crippen LogP contribution in [0.4, 0.5) is 0 Å². The first-order valence-corrected chi connectivity index (χ1v) is 14.9. The number of benzene rings is 1. The average molecular weight is 549 g/mol.